The molecule has 0 N–H and O–H groups in total. The van der Waals surface area contributed by atoms with Gasteiger partial charge in [0.2, 0.25) is 5.91 Å². The normalized spacial score (nSPS) is 25.6. The van der Waals surface area contributed by atoms with Crippen molar-refractivity contribution in [3.63, 3.8) is 0 Å². The van der Waals surface area contributed by atoms with E-state index in [-0.39, 0.29) is 17.2 Å². The maximum absolute atomic E-state index is 13.1. The van der Waals surface area contributed by atoms with Gasteiger partial charge in [-0.3, -0.25) is 9.59 Å². The van der Waals surface area contributed by atoms with Gasteiger partial charge in [-0.2, -0.15) is 0 Å². The van der Waals surface area contributed by atoms with Crippen LogP contribution in [0.1, 0.15) is 35.2 Å². The molecule has 1 spiro atoms. The van der Waals surface area contributed by atoms with Gasteiger partial charge in [-0.05, 0) is 43.9 Å². The highest BCUT2D eigenvalue weighted by Crippen LogP contribution is 2.41. The monoisotopic (exact) mass is 344 g/mol. The highest BCUT2D eigenvalue weighted by molar-refractivity contribution is 5.97. The molecule has 0 aromatic heterocycles. The fraction of sp³-hybridized carbons (Fsp3) is 0.579. The van der Waals surface area contributed by atoms with E-state index in [9.17, 15) is 9.59 Å². The fourth-order valence-corrected chi connectivity index (χ4v) is 4.28. The molecule has 3 heterocycles. The van der Waals surface area contributed by atoms with Crippen molar-refractivity contribution in [2.75, 3.05) is 39.9 Å². The van der Waals surface area contributed by atoms with Crippen molar-refractivity contribution < 1.29 is 19.1 Å². The first-order valence-corrected chi connectivity index (χ1v) is 8.95. The topological polar surface area (TPSA) is 59.1 Å². The summed E-state index contributed by atoms with van der Waals surface area (Å²) >= 11 is 0. The third kappa shape index (κ3) is 2.64. The smallest absolute Gasteiger partial charge is 0.254 e. The number of nitrogens with zero attached hydrogens (tertiary/aromatic N) is 2. The Bertz CT molecular complexity index is 732. The maximum Gasteiger partial charge on any atom is 0.254 e. The Kier molecular flexibility index (Phi) is 3.85. The first-order chi connectivity index (χ1) is 12.0. The van der Waals surface area contributed by atoms with Gasteiger partial charge in [0.25, 0.3) is 5.91 Å². The van der Waals surface area contributed by atoms with E-state index in [2.05, 4.69) is 0 Å². The largest absolute Gasteiger partial charge is 0.486 e. The number of likely N-dealkylation sites (tertiary alicyclic amines) is 2. The molecule has 6 heteroatoms. The molecule has 1 aromatic rings. The SMILES string of the molecule is Cc1cc2c(cc1C(=O)N1CCC3(CCCN(C)C3=O)C1)OCCO2. The van der Waals surface area contributed by atoms with Crippen molar-refractivity contribution in [1.82, 2.24) is 9.80 Å². The predicted molar refractivity (Wildman–Crippen MR) is 92.0 cm³/mol. The molecule has 4 rings (SSSR count). The van der Waals surface area contributed by atoms with Gasteiger partial charge < -0.3 is 19.3 Å². The first kappa shape index (κ1) is 16.2. The zero-order chi connectivity index (χ0) is 17.6. The van der Waals surface area contributed by atoms with Crippen molar-refractivity contribution in [3.05, 3.63) is 23.3 Å². The summed E-state index contributed by atoms with van der Waals surface area (Å²) in [6, 6.07) is 3.65. The van der Waals surface area contributed by atoms with Crippen molar-refractivity contribution in [2.45, 2.75) is 26.2 Å². The average Bonchev–Trinajstić information content (AvgIpc) is 3.03. The van der Waals surface area contributed by atoms with Gasteiger partial charge in [-0.1, -0.05) is 0 Å². The number of carbonyl (C=O) groups is 2. The zero-order valence-corrected chi connectivity index (χ0v) is 14.8. The van der Waals surface area contributed by atoms with Gasteiger partial charge in [-0.15, -0.1) is 0 Å². The Morgan fingerprint density at radius 2 is 1.84 bits per heavy atom. The number of rotatable bonds is 1. The van der Waals surface area contributed by atoms with Crippen LogP contribution >= 0.6 is 0 Å². The van der Waals surface area contributed by atoms with Gasteiger partial charge in [0, 0.05) is 32.2 Å². The lowest BCUT2D eigenvalue weighted by Gasteiger charge is -2.37. The summed E-state index contributed by atoms with van der Waals surface area (Å²) < 4.78 is 11.2. The first-order valence-electron chi connectivity index (χ1n) is 8.95. The van der Waals surface area contributed by atoms with Crippen molar-refractivity contribution in [1.29, 1.82) is 0 Å². The molecular weight excluding hydrogens is 320 g/mol. The van der Waals surface area contributed by atoms with Crippen LogP contribution in [0.5, 0.6) is 11.5 Å². The van der Waals surface area contributed by atoms with Gasteiger partial charge in [0.1, 0.15) is 13.2 Å². The molecular formula is C19H24N2O4. The number of carbonyl (C=O) groups excluding carboxylic acids is 2. The minimum atomic E-state index is -0.385. The molecule has 1 aromatic carbocycles. The standard InChI is InChI=1S/C19H24N2O4/c1-13-10-15-16(25-9-8-24-15)11-14(13)17(22)21-7-5-19(12-21)4-3-6-20(2)18(19)23/h10-11H,3-9,12H2,1-2H3. The number of piperidine rings is 1. The van der Waals surface area contributed by atoms with E-state index in [4.69, 9.17) is 9.47 Å². The zero-order valence-electron chi connectivity index (χ0n) is 14.8. The van der Waals surface area contributed by atoms with Crippen LogP contribution in [-0.4, -0.2) is 61.5 Å². The molecule has 0 saturated carbocycles. The quantitative estimate of drug-likeness (QED) is 0.780. The fourth-order valence-electron chi connectivity index (χ4n) is 4.28. The number of hydrogen-bond donors (Lipinski definition) is 0. The number of fused-ring (bicyclic) bond motifs is 1. The van der Waals surface area contributed by atoms with Crippen LogP contribution in [0.4, 0.5) is 0 Å². The Hall–Kier alpha value is -2.24. The summed E-state index contributed by atoms with van der Waals surface area (Å²) in [7, 11) is 1.86. The van der Waals surface area contributed by atoms with Gasteiger partial charge in [0.15, 0.2) is 11.5 Å². The van der Waals surface area contributed by atoms with E-state index >= 15 is 0 Å². The molecule has 2 amide bonds. The molecule has 0 bridgehead atoms. The third-order valence-electron chi connectivity index (χ3n) is 5.71. The van der Waals surface area contributed by atoms with E-state index in [0.29, 0.717) is 43.4 Å². The number of aryl methyl sites for hydroxylation is 1. The number of benzene rings is 1. The molecule has 2 saturated heterocycles. The molecule has 3 aliphatic rings. The number of amides is 2. The summed E-state index contributed by atoms with van der Waals surface area (Å²) in [5, 5.41) is 0. The Balaban J connectivity index is 1.57. The second-order valence-corrected chi connectivity index (χ2v) is 7.40. The Morgan fingerprint density at radius 1 is 1.12 bits per heavy atom. The second-order valence-electron chi connectivity index (χ2n) is 7.40. The van der Waals surface area contributed by atoms with E-state index < -0.39 is 0 Å². The van der Waals surface area contributed by atoms with Crippen LogP contribution in [0.3, 0.4) is 0 Å². The summed E-state index contributed by atoms with van der Waals surface area (Å²) in [5.74, 6) is 1.49. The number of ether oxygens (including phenoxy) is 2. The van der Waals surface area contributed by atoms with E-state index in [1.807, 2.05) is 29.8 Å². The van der Waals surface area contributed by atoms with Gasteiger partial charge in [-0.25, -0.2) is 0 Å². The predicted octanol–water partition coefficient (Wildman–Crippen LogP) is 1.85. The average molecular weight is 344 g/mol. The van der Waals surface area contributed by atoms with Crippen LogP contribution in [0.25, 0.3) is 0 Å². The van der Waals surface area contributed by atoms with Crippen LogP contribution in [0.15, 0.2) is 12.1 Å². The van der Waals surface area contributed by atoms with Crippen LogP contribution in [0.2, 0.25) is 0 Å². The van der Waals surface area contributed by atoms with Crippen LogP contribution < -0.4 is 9.47 Å². The van der Waals surface area contributed by atoms with Crippen LogP contribution in [0, 0.1) is 12.3 Å². The van der Waals surface area contributed by atoms with Crippen molar-refractivity contribution in [2.24, 2.45) is 5.41 Å². The van der Waals surface area contributed by atoms with Crippen LogP contribution in [-0.2, 0) is 4.79 Å². The highest BCUT2D eigenvalue weighted by Gasteiger charge is 2.48. The lowest BCUT2D eigenvalue weighted by Crippen LogP contribution is -2.48. The third-order valence-corrected chi connectivity index (χ3v) is 5.71. The summed E-state index contributed by atoms with van der Waals surface area (Å²) in [6.45, 7) is 4.91. The molecule has 1 unspecified atom stereocenters. The lowest BCUT2D eigenvalue weighted by atomic mass is 9.78. The Morgan fingerprint density at radius 3 is 2.60 bits per heavy atom. The minimum absolute atomic E-state index is 0.0209. The number of hydrogen-bond acceptors (Lipinski definition) is 4. The molecule has 0 aliphatic carbocycles. The Labute approximate surface area is 147 Å². The minimum Gasteiger partial charge on any atom is -0.486 e. The summed E-state index contributed by atoms with van der Waals surface area (Å²) in [5.41, 5.74) is 1.13. The van der Waals surface area contributed by atoms with E-state index in [1.54, 1.807) is 6.07 Å². The maximum atomic E-state index is 13.1. The molecule has 3 aliphatic heterocycles. The van der Waals surface area contributed by atoms with Crippen molar-refractivity contribution in [3.8, 4) is 11.5 Å². The molecule has 0 radical (unpaired) electrons. The van der Waals surface area contributed by atoms with Crippen molar-refractivity contribution >= 4 is 11.8 Å². The molecule has 134 valence electrons. The van der Waals surface area contributed by atoms with E-state index in [1.165, 1.54) is 0 Å². The summed E-state index contributed by atoms with van der Waals surface area (Å²) in [6.07, 6.45) is 2.64. The molecule has 6 nitrogen and oxygen atoms in total. The van der Waals surface area contributed by atoms with Gasteiger partial charge >= 0.3 is 0 Å². The second kappa shape index (κ2) is 5.93. The summed E-state index contributed by atoms with van der Waals surface area (Å²) in [4.78, 5) is 29.4. The highest BCUT2D eigenvalue weighted by atomic mass is 16.6. The lowest BCUT2D eigenvalue weighted by molar-refractivity contribution is -0.143. The van der Waals surface area contributed by atoms with E-state index in [0.717, 1.165) is 31.4 Å². The van der Waals surface area contributed by atoms with Gasteiger partial charge in [0.05, 0.1) is 5.41 Å². The molecule has 1 atom stereocenters. The molecule has 25 heavy (non-hydrogen) atoms. The molecule has 2 fully saturated rings.